The highest BCUT2D eigenvalue weighted by atomic mass is 16.3. The molecule has 3 atom stereocenters. The second kappa shape index (κ2) is 8.07. The zero-order valence-corrected chi connectivity index (χ0v) is 15.4. The maximum absolute atomic E-state index is 12.3. The molecule has 2 fully saturated rings. The third-order valence-corrected chi connectivity index (χ3v) is 6.71. The Bertz CT molecular complexity index is 585. The number of rotatable bonds is 7. The number of hydrogen-bond acceptors (Lipinski definition) is 4. The van der Waals surface area contributed by atoms with E-state index in [-0.39, 0.29) is 18.3 Å². The Morgan fingerprint density at radius 3 is 2.15 bits per heavy atom. The van der Waals surface area contributed by atoms with E-state index in [1.54, 1.807) is 0 Å². The topological polar surface area (TPSA) is 110 Å². The number of primary amides is 1. The van der Waals surface area contributed by atoms with E-state index < -0.39 is 29.6 Å². The molecule has 1 aromatic rings. The maximum atomic E-state index is 12.3. The molecule has 0 radical (unpaired) electrons. The molecular formula is C21H32N2O3. The van der Waals surface area contributed by atoms with Crippen LogP contribution in [-0.4, -0.2) is 33.9 Å². The third-order valence-electron chi connectivity index (χ3n) is 6.71. The van der Waals surface area contributed by atoms with E-state index in [4.69, 9.17) is 11.5 Å². The Kier molecular flexibility index (Phi) is 6.00. The Morgan fingerprint density at radius 1 is 1.12 bits per heavy atom. The molecule has 0 aromatic heterocycles. The van der Waals surface area contributed by atoms with Crippen LogP contribution in [0.15, 0.2) is 30.3 Å². The monoisotopic (exact) mass is 360 g/mol. The normalized spacial score (nSPS) is 31.8. The van der Waals surface area contributed by atoms with Crippen molar-refractivity contribution in [3.8, 4) is 0 Å². The summed E-state index contributed by atoms with van der Waals surface area (Å²) in [6.07, 6.45) is 5.71. The molecular weight excluding hydrogens is 328 g/mol. The van der Waals surface area contributed by atoms with Gasteiger partial charge < -0.3 is 21.7 Å². The van der Waals surface area contributed by atoms with Crippen molar-refractivity contribution in [2.24, 2.45) is 29.2 Å². The van der Waals surface area contributed by atoms with Gasteiger partial charge >= 0.3 is 0 Å². The average Bonchev–Trinajstić information content (AvgIpc) is 2.59. The summed E-state index contributed by atoms with van der Waals surface area (Å²) in [7, 11) is 0. The van der Waals surface area contributed by atoms with Crippen LogP contribution in [0.5, 0.6) is 0 Å². The Hall–Kier alpha value is -1.43. The van der Waals surface area contributed by atoms with Crippen LogP contribution in [0.2, 0.25) is 0 Å². The first-order valence-electron chi connectivity index (χ1n) is 9.92. The van der Waals surface area contributed by atoms with Crippen molar-refractivity contribution >= 4 is 5.91 Å². The lowest BCUT2D eigenvalue weighted by molar-refractivity contribution is -0.174. The van der Waals surface area contributed by atoms with Crippen molar-refractivity contribution in [3.63, 3.8) is 0 Å². The summed E-state index contributed by atoms with van der Waals surface area (Å²) in [4.78, 5) is 12.3. The first kappa shape index (κ1) is 19.3. The third kappa shape index (κ3) is 3.80. The van der Waals surface area contributed by atoms with Gasteiger partial charge in [-0.2, -0.15) is 0 Å². The number of hydrogen-bond donors (Lipinski definition) is 4. The molecule has 5 heteroatoms. The van der Waals surface area contributed by atoms with Gasteiger partial charge in [-0.3, -0.25) is 4.79 Å². The molecule has 2 aliphatic rings. The highest BCUT2D eigenvalue weighted by molar-refractivity contribution is 5.78. The molecule has 0 heterocycles. The van der Waals surface area contributed by atoms with Gasteiger partial charge in [0.25, 0.3) is 0 Å². The molecule has 0 unspecified atom stereocenters. The smallest absolute Gasteiger partial charge is 0.223 e. The standard InChI is InChI=1S/C21H32N2O3/c22-18(12-14-6-2-1-3-7-14)19(24)13-17(20(23)25)21(26)15-8-4-9-16(21)11-5-10-15/h1-3,6-7,15-19,24,26H,4-5,8-13,22H2,(H2,23,25)/t15?,16?,17-,18+,19+,21?/m1/s1. The molecule has 26 heavy (non-hydrogen) atoms. The van der Waals surface area contributed by atoms with E-state index in [9.17, 15) is 15.0 Å². The summed E-state index contributed by atoms with van der Waals surface area (Å²) in [6.45, 7) is 0. The zero-order chi connectivity index (χ0) is 18.7. The lowest BCUT2D eigenvalue weighted by Crippen LogP contribution is -2.60. The number of amides is 1. The molecule has 2 saturated carbocycles. The number of benzene rings is 1. The fourth-order valence-electron chi connectivity index (χ4n) is 5.31. The second-order valence-corrected chi connectivity index (χ2v) is 8.25. The van der Waals surface area contributed by atoms with Crippen LogP contribution < -0.4 is 11.5 Å². The highest BCUT2D eigenvalue weighted by Crippen LogP contribution is 2.51. The van der Waals surface area contributed by atoms with Crippen molar-refractivity contribution in [1.29, 1.82) is 0 Å². The van der Waals surface area contributed by atoms with Crippen LogP contribution >= 0.6 is 0 Å². The van der Waals surface area contributed by atoms with E-state index in [1.165, 1.54) is 0 Å². The molecule has 2 aliphatic carbocycles. The van der Waals surface area contributed by atoms with Gasteiger partial charge in [-0.05, 0) is 55.9 Å². The average molecular weight is 360 g/mol. The fraction of sp³-hybridized carbons (Fsp3) is 0.667. The number of carbonyl (C=O) groups is 1. The second-order valence-electron chi connectivity index (χ2n) is 8.25. The van der Waals surface area contributed by atoms with Crippen LogP contribution in [0.3, 0.4) is 0 Å². The highest BCUT2D eigenvalue weighted by Gasteiger charge is 2.55. The number of nitrogens with two attached hydrogens (primary N) is 2. The van der Waals surface area contributed by atoms with Crippen LogP contribution in [0, 0.1) is 17.8 Å². The van der Waals surface area contributed by atoms with Gasteiger partial charge in [0.1, 0.15) is 0 Å². The number of carbonyl (C=O) groups excluding carboxylic acids is 1. The maximum Gasteiger partial charge on any atom is 0.223 e. The summed E-state index contributed by atoms with van der Waals surface area (Å²) in [5, 5.41) is 22.2. The van der Waals surface area contributed by atoms with Crippen molar-refractivity contribution in [3.05, 3.63) is 35.9 Å². The van der Waals surface area contributed by atoms with Crippen LogP contribution in [0.4, 0.5) is 0 Å². The predicted molar refractivity (Wildman–Crippen MR) is 101 cm³/mol. The molecule has 144 valence electrons. The molecule has 1 aromatic carbocycles. The van der Waals surface area contributed by atoms with Crippen LogP contribution in [0.25, 0.3) is 0 Å². The zero-order valence-electron chi connectivity index (χ0n) is 15.4. The van der Waals surface area contributed by atoms with Gasteiger partial charge in [-0.25, -0.2) is 0 Å². The quantitative estimate of drug-likeness (QED) is 0.594. The van der Waals surface area contributed by atoms with Gasteiger partial charge in [0.15, 0.2) is 0 Å². The molecule has 0 spiro atoms. The summed E-state index contributed by atoms with van der Waals surface area (Å²) in [5.74, 6) is -1.05. The van der Waals surface area contributed by atoms with Gasteiger partial charge in [-0.15, -0.1) is 0 Å². The van der Waals surface area contributed by atoms with Crippen molar-refractivity contribution in [2.75, 3.05) is 0 Å². The van der Waals surface area contributed by atoms with Crippen molar-refractivity contribution in [2.45, 2.75) is 69.1 Å². The molecule has 2 bridgehead atoms. The first-order chi connectivity index (χ1) is 12.4. The van der Waals surface area contributed by atoms with Gasteiger partial charge in [0.05, 0.1) is 17.6 Å². The first-order valence-corrected chi connectivity index (χ1v) is 9.92. The summed E-state index contributed by atoms with van der Waals surface area (Å²) in [5.41, 5.74) is 11.9. The van der Waals surface area contributed by atoms with Gasteiger partial charge in [0.2, 0.25) is 5.91 Å². The Balaban J connectivity index is 1.73. The van der Waals surface area contributed by atoms with Gasteiger partial charge in [0, 0.05) is 6.04 Å². The fourth-order valence-corrected chi connectivity index (χ4v) is 5.31. The SMILES string of the molecule is NC(=O)[C@@H](C[C@H](O)[C@@H](N)Cc1ccccc1)C1(O)C2CCCC1CCC2. The summed E-state index contributed by atoms with van der Waals surface area (Å²) in [6, 6.07) is 9.26. The molecule has 0 saturated heterocycles. The van der Waals surface area contributed by atoms with Crippen molar-refractivity contribution in [1.82, 2.24) is 0 Å². The molecule has 1 amide bonds. The lowest BCUT2D eigenvalue weighted by Gasteiger charge is -2.53. The Labute approximate surface area is 155 Å². The van der Waals surface area contributed by atoms with Crippen LogP contribution in [0.1, 0.15) is 50.5 Å². The largest absolute Gasteiger partial charge is 0.391 e. The van der Waals surface area contributed by atoms with E-state index in [1.807, 2.05) is 30.3 Å². The van der Waals surface area contributed by atoms with E-state index in [0.717, 1.165) is 44.1 Å². The van der Waals surface area contributed by atoms with E-state index in [2.05, 4.69) is 0 Å². The minimum absolute atomic E-state index is 0.102. The Morgan fingerprint density at radius 2 is 1.65 bits per heavy atom. The molecule has 6 N–H and O–H groups in total. The van der Waals surface area contributed by atoms with Crippen molar-refractivity contribution < 1.29 is 15.0 Å². The minimum atomic E-state index is -1.09. The minimum Gasteiger partial charge on any atom is -0.391 e. The summed E-state index contributed by atoms with van der Waals surface area (Å²) >= 11 is 0. The predicted octanol–water partition coefficient (Wildman–Crippen LogP) is 1.74. The molecule has 0 aliphatic heterocycles. The number of aliphatic hydroxyl groups is 2. The number of fused-ring (bicyclic) bond motifs is 2. The van der Waals surface area contributed by atoms with Gasteiger partial charge in [-0.1, -0.05) is 43.2 Å². The number of aliphatic hydroxyl groups excluding tert-OH is 1. The summed E-state index contributed by atoms with van der Waals surface area (Å²) < 4.78 is 0. The van der Waals surface area contributed by atoms with E-state index in [0.29, 0.717) is 6.42 Å². The van der Waals surface area contributed by atoms with Crippen LogP contribution in [-0.2, 0) is 11.2 Å². The molecule has 3 rings (SSSR count). The van der Waals surface area contributed by atoms with E-state index >= 15 is 0 Å². The lowest BCUT2D eigenvalue weighted by atomic mass is 9.56. The molecule has 5 nitrogen and oxygen atoms in total.